The highest BCUT2D eigenvalue weighted by atomic mass is 19.1. The summed E-state index contributed by atoms with van der Waals surface area (Å²) < 4.78 is 31.4. The maximum atomic E-state index is 13.2. The van der Waals surface area contributed by atoms with Crippen LogP contribution in [-0.2, 0) is 6.54 Å². The third-order valence-electron chi connectivity index (χ3n) is 3.12. The van der Waals surface area contributed by atoms with E-state index in [1.165, 1.54) is 29.1 Å². The van der Waals surface area contributed by atoms with Crippen LogP contribution in [0.5, 0.6) is 5.75 Å². The maximum absolute atomic E-state index is 13.2. The zero-order valence-electron chi connectivity index (χ0n) is 12.2. The molecule has 5 nitrogen and oxygen atoms in total. The molecule has 0 fully saturated rings. The third kappa shape index (κ3) is 4.09. The average Bonchev–Trinajstić information content (AvgIpc) is 3.02. The highest BCUT2D eigenvalue weighted by Crippen LogP contribution is 2.14. The minimum Gasteiger partial charge on any atom is -0.494 e. The van der Waals surface area contributed by atoms with Gasteiger partial charge in [0.2, 0.25) is 5.82 Å². The van der Waals surface area contributed by atoms with Crippen molar-refractivity contribution in [2.24, 2.45) is 0 Å². The SMILES string of the molecule is Fc1ccc(OCCCn2nnc(-c3cccc(F)c3)n2)cc1. The first-order valence-corrected chi connectivity index (χ1v) is 7.13. The van der Waals surface area contributed by atoms with Gasteiger partial charge in [0, 0.05) is 12.0 Å². The highest BCUT2D eigenvalue weighted by molar-refractivity contribution is 5.53. The molecule has 1 aromatic heterocycles. The van der Waals surface area contributed by atoms with Gasteiger partial charge < -0.3 is 4.74 Å². The molecular formula is C16H14F2N4O. The smallest absolute Gasteiger partial charge is 0.205 e. The molecule has 0 unspecified atom stereocenters. The van der Waals surface area contributed by atoms with Gasteiger partial charge in [-0.3, -0.25) is 0 Å². The summed E-state index contributed by atoms with van der Waals surface area (Å²) in [5.74, 6) is 0.350. The number of ether oxygens (including phenoxy) is 1. The largest absolute Gasteiger partial charge is 0.494 e. The van der Waals surface area contributed by atoms with Gasteiger partial charge in [0.1, 0.15) is 17.4 Å². The van der Waals surface area contributed by atoms with Crippen LogP contribution in [0.3, 0.4) is 0 Å². The van der Waals surface area contributed by atoms with Gasteiger partial charge in [-0.1, -0.05) is 12.1 Å². The van der Waals surface area contributed by atoms with Crippen molar-refractivity contribution < 1.29 is 13.5 Å². The van der Waals surface area contributed by atoms with E-state index in [-0.39, 0.29) is 11.6 Å². The molecule has 3 aromatic rings. The van der Waals surface area contributed by atoms with E-state index in [2.05, 4.69) is 15.4 Å². The first-order valence-electron chi connectivity index (χ1n) is 7.13. The van der Waals surface area contributed by atoms with Crippen LogP contribution in [0.25, 0.3) is 11.4 Å². The number of nitrogens with zero attached hydrogens (tertiary/aromatic N) is 4. The molecule has 0 spiro atoms. The summed E-state index contributed by atoms with van der Waals surface area (Å²) in [5.41, 5.74) is 0.582. The van der Waals surface area contributed by atoms with Crippen LogP contribution in [0.4, 0.5) is 8.78 Å². The Morgan fingerprint density at radius 3 is 2.61 bits per heavy atom. The molecule has 0 aliphatic heterocycles. The van der Waals surface area contributed by atoms with Gasteiger partial charge in [-0.2, -0.15) is 4.80 Å². The van der Waals surface area contributed by atoms with Crippen molar-refractivity contribution in [3.63, 3.8) is 0 Å². The van der Waals surface area contributed by atoms with E-state index in [9.17, 15) is 8.78 Å². The van der Waals surface area contributed by atoms with Gasteiger partial charge in [-0.25, -0.2) is 8.78 Å². The fourth-order valence-electron chi connectivity index (χ4n) is 2.01. The molecule has 0 aliphatic carbocycles. The molecule has 23 heavy (non-hydrogen) atoms. The van der Waals surface area contributed by atoms with Crippen LogP contribution < -0.4 is 4.74 Å². The van der Waals surface area contributed by atoms with Crippen LogP contribution in [0.1, 0.15) is 6.42 Å². The molecule has 3 rings (SSSR count). The summed E-state index contributed by atoms with van der Waals surface area (Å²) >= 11 is 0. The number of hydrogen-bond donors (Lipinski definition) is 0. The molecule has 0 saturated carbocycles. The first-order chi connectivity index (χ1) is 11.2. The van der Waals surface area contributed by atoms with E-state index < -0.39 is 0 Å². The third-order valence-corrected chi connectivity index (χ3v) is 3.12. The Morgan fingerprint density at radius 2 is 1.83 bits per heavy atom. The first kappa shape index (κ1) is 15.1. The number of aromatic nitrogens is 4. The number of halogens is 2. The topological polar surface area (TPSA) is 52.8 Å². The molecule has 0 saturated heterocycles. The summed E-state index contributed by atoms with van der Waals surface area (Å²) in [7, 11) is 0. The molecule has 0 amide bonds. The lowest BCUT2D eigenvalue weighted by molar-refractivity contribution is 0.293. The molecule has 0 bridgehead atoms. The molecule has 0 N–H and O–H groups in total. The molecule has 2 aromatic carbocycles. The summed E-state index contributed by atoms with van der Waals surface area (Å²) in [6, 6.07) is 11.9. The summed E-state index contributed by atoms with van der Waals surface area (Å²) in [5, 5.41) is 12.0. The van der Waals surface area contributed by atoms with Gasteiger partial charge in [-0.05, 0) is 41.6 Å². The summed E-state index contributed by atoms with van der Waals surface area (Å²) in [4.78, 5) is 1.44. The number of rotatable bonds is 6. The molecule has 1 heterocycles. The summed E-state index contributed by atoms with van der Waals surface area (Å²) in [6.45, 7) is 0.964. The van der Waals surface area contributed by atoms with Gasteiger partial charge in [0.05, 0.1) is 13.2 Å². The number of hydrogen-bond acceptors (Lipinski definition) is 4. The fourth-order valence-corrected chi connectivity index (χ4v) is 2.01. The maximum Gasteiger partial charge on any atom is 0.205 e. The van der Waals surface area contributed by atoms with Crippen LogP contribution in [-0.4, -0.2) is 26.8 Å². The summed E-state index contributed by atoms with van der Waals surface area (Å²) in [6.07, 6.45) is 0.663. The minimum absolute atomic E-state index is 0.297. The van der Waals surface area contributed by atoms with Crippen LogP contribution in [0.2, 0.25) is 0 Å². The second-order valence-corrected chi connectivity index (χ2v) is 4.88. The fraction of sp³-hybridized carbons (Fsp3) is 0.188. The van der Waals surface area contributed by atoms with E-state index in [1.54, 1.807) is 24.3 Å². The number of aryl methyl sites for hydroxylation is 1. The molecule has 118 valence electrons. The molecular weight excluding hydrogens is 302 g/mol. The van der Waals surface area contributed by atoms with Crippen molar-refractivity contribution >= 4 is 0 Å². The second kappa shape index (κ2) is 6.95. The normalized spacial score (nSPS) is 10.7. The Morgan fingerprint density at radius 1 is 1.00 bits per heavy atom. The molecule has 7 heteroatoms. The van der Waals surface area contributed by atoms with Crippen molar-refractivity contribution in [3.05, 3.63) is 60.2 Å². The van der Waals surface area contributed by atoms with Crippen LogP contribution in [0.15, 0.2) is 48.5 Å². The van der Waals surface area contributed by atoms with Gasteiger partial charge in [0.25, 0.3) is 0 Å². The number of tetrazole rings is 1. The predicted octanol–water partition coefficient (Wildman–Crippen LogP) is 3.09. The molecule has 0 aliphatic rings. The predicted molar refractivity (Wildman–Crippen MR) is 79.7 cm³/mol. The van der Waals surface area contributed by atoms with Gasteiger partial charge >= 0.3 is 0 Å². The Kier molecular flexibility index (Phi) is 4.56. The monoisotopic (exact) mass is 316 g/mol. The van der Waals surface area contributed by atoms with Crippen molar-refractivity contribution in [1.82, 2.24) is 20.2 Å². The quantitative estimate of drug-likeness (QED) is 0.656. The average molecular weight is 316 g/mol. The number of benzene rings is 2. The second-order valence-electron chi connectivity index (χ2n) is 4.88. The lowest BCUT2D eigenvalue weighted by Gasteiger charge is -2.05. The van der Waals surface area contributed by atoms with Crippen molar-refractivity contribution in [2.75, 3.05) is 6.61 Å². The highest BCUT2D eigenvalue weighted by Gasteiger charge is 2.06. The zero-order chi connectivity index (χ0) is 16.1. The van der Waals surface area contributed by atoms with Crippen molar-refractivity contribution in [2.45, 2.75) is 13.0 Å². The van der Waals surface area contributed by atoms with E-state index in [0.717, 1.165) is 0 Å². The van der Waals surface area contributed by atoms with E-state index in [1.807, 2.05) is 0 Å². The minimum atomic E-state index is -0.341. The van der Waals surface area contributed by atoms with E-state index >= 15 is 0 Å². The zero-order valence-corrected chi connectivity index (χ0v) is 12.2. The van der Waals surface area contributed by atoms with Crippen molar-refractivity contribution in [1.29, 1.82) is 0 Å². The Labute approximate surface area is 131 Å². The Hall–Kier alpha value is -2.83. The van der Waals surface area contributed by atoms with Gasteiger partial charge in [-0.15, -0.1) is 10.2 Å². The van der Waals surface area contributed by atoms with Crippen LogP contribution >= 0.6 is 0 Å². The Bertz CT molecular complexity index is 774. The molecule has 0 radical (unpaired) electrons. The van der Waals surface area contributed by atoms with Gasteiger partial charge in [0.15, 0.2) is 0 Å². The van der Waals surface area contributed by atoms with Crippen molar-refractivity contribution in [3.8, 4) is 17.1 Å². The van der Waals surface area contributed by atoms with Crippen LogP contribution in [0, 0.1) is 11.6 Å². The molecule has 0 atom stereocenters. The van der Waals surface area contributed by atoms with E-state index in [4.69, 9.17) is 4.74 Å². The lowest BCUT2D eigenvalue weighted by atomic mass is 10.2. The Balaban J connectivity index is 1.50. The van der Waals surface area contributed by atoms with E-state index in [0.29, 0.717) is 36.7 Å². The standard InChI is InChI=1S/C16H14F2N4O/c17-13-5-7-15(8-6-13)23-10-2-9-22-20-16(19-21-22)12-3-1-4-14(18)11-12/h1,3-8,11H,2,9-10H2. The lowest BCUT2D eigenvalue weighted by Crippen LogP contribution is -2.07.